The first-order valence-corrected chi connectivity index (χ1v) is 10.5. The molecule has 1 saturated heterocycles. The summed E-state index contributed by atoms with van der Waals surface area (Å²) in [5, 5.41) is 9.44. The average molecular weight is 557 g/mol. The van der Waals surface area contributed by atoms with Gasteiger partial charge in [-0.15, -0.1) is 24.0 Å². The summed E-state index contributed by atoms with van der Waals surface area (Å²) in [4.78, 5) is 17.6. The lowest BCUT2D eigenvalue weighted by Gasteiger charge is -2.21. The topological polar surface area (TPSA) is 68.8 Å². The van der Waals surface area contributed by atoms with Gasteiger partial charge in [-0.2, -0.15) is 0 Å². The van der Waals surface area contributed by atoms with E-state index in [0.29, 0.717) is 32.0 Å². The third kappa shape index (κ3) is 7.04. The van der Waals surface area contributed by atoms with Crippen LogP contribution in [-0.4, -0.2) is 38.0 Å². The summed E-state index contributed by atoms with van der Waals surface area (Å²) in [5.74, 6) is -0.449. The Labute approximate surface area is 204 Å². The van der Waals surface area contributed by atoms with Gasteiger partial charge >= 0.3 is 0 Å². The van der Waals surface area contributed by atoms with E-state index in [2.05, 4.69) is 20.9 Å². The lowest BCUT2D eigenvalue weighted by atomic mass is 10.2. The molecular weight excluding hydrogens is 527 g/mol. The van der Waals surface area contributed by atoms with Gasteiger partial charge in [0.15, 0.2) is 5.96 Å². The Morgan fingerprint density at radius 1 is 1.16 bits per heavy atom. The Balaban J connectivity index is 0.00000363. The van der Waals surface area contributed by atoms with Gasteiger partial charge in [0, 0.05) is 44.8 Å². The second-order valence-corrected chi connectivity index (χ2v) is 7.57. The Hall–Kier alpha value is -2.43. The Bertz CT molecular complexity index is 903. The van der Waals surface area contributed by atoms with Gasteiger partial charge in [-0.05, 0) is 42.7 Å². The summed E-state index contributed by atoms with van der Waals surface area (Å²) in [6, 6.07) is 11.6. The minimum absolute atomic E-state index is 0. The van der Waals surface area contributed by atoms with E-state index in [0.717, 1.165) is 24.1 Å². The third-order valence-electron chi connectivity index (χ3n) is 5.18. The van der Waals surface area contributed by atoms with Gasteiger partial charge in [0.2, 0.25) is 5.91 Å². The summed E-state index contributed by atoms with van der Waals surface area (Å²) in [7, 11) is 1.69. The Morgan fingerprint density at radius 3 is 2.47 bits per heavy atom. The molecule has 0 spiro atoms. The summed E-state index contributed by atoms with van der Waals surface area (Å²) in [6.45, 7) is 3.58. The normalized spacial score (nSPS) is 15.8. The van der Waals surface area contributed by atoms with Crippen molar-refractivity contribution in [3.63, 3.8) is 0 Å². The molecule has 2 aromatic carbocycles. The molecule has 3 N–H and O–H groups in total. The number of guanidine groups is 1. The highest BCUT2D eigenvalue weighted by atomic mass is 127. The van der Waals surface area contributed by atoms with E-state index in [9.17, 15) is 13.6 Å². The molecule has 1 atom stereocenters. The highest BCUT2D eigenvalue weighted by Crippen LogP contribution is 2.26. The van der Waals surface area contributed by atoms with Crippen LogP contribution in [0.4, 0.5) is 20.2 Å². The van der Waals surface area contributed by atoms with Gasteiger partial charge in [0.1, 0.15) is 17.3 Å². The average Bonchev–Trinajstić information content (AvgIpc) is 3.20. The molecule has 3 rings (SSSR count). The van der Waals surface area contributed by atoms with Crippen LogP contribution in [0.3, 0.4) is 0 Å². The molecular formula is C23H30F2IN5O. The van der Waals surface area contributed by atoms with Crippen molar-refractivity contribution in [1.82, 2.24) is 10.6 Å². The van der Waals surface area contributed by atoms with Crippen molar-refractivity contribution in [2.75, 3.05) is 30.4 Å². The van der Waals surface area contributed by atoms with Crippen molar-refractivity contribution in [2.24, 2.45) is 4.99 Å². The number of carbonyl (C=O) groups is 1. The molecule has 1 aliphatic rings. The second kappa shape index (κ2) is 12.6. The zero-order valence-corrected chi connectivity index (χ0v) is 20.7. The van der Waals surface area contributed by atoms with Gasteiger partial charge in [-0.1, -0.05) is 25.1 Å². The van der Waals surface area contributed by atoms with Crippen LogP contribution in [-0.2, 0) is 11.3 Å². The number of aliphatic imine (C=N–C) groups is 1. The largest absolute Gasteiger partial charge is 0.365 e. The second-order valence-electron chi connectivity index (χ2n) is 7.57. The first kappa shape index (κ1) is 25.8. The fraction of sp³-hybridized carbons (Fsp3) is 0.391. The van der Waals surface area contributed by atoms with E-state index in [1.54, 1.807) is 11.9 Å². The molecule has 0 aromatic heterocycles. The highest BCUT2D eigenvalue weighted by Gasteiger charge is 2.27. The van der Waals surface area contributed by atoms with Crippen LogP contribution in [0, 0.1) is 11.6 Å². The van der Waals surface area contributed by atoms with Crippen molar-refractivity contribution < 1.29 is 13.6 Å². The minimum Gasteiger partial charge on any atom is -0.365 e. The molecule has 1 unspecified atom stereocenters. The molecule has 6 nitrogen and oxygen atoms in total. The Kier molecular flexibility index (Phi) is 10.1. The van der Waals surface area contributed by atoms with Crippen molar-refractivity contribution in [3.8, 4) is 0 Å². The number of halogens is 3. The molecule has 32 heavy (non-hydrogen) atoms. The molecule has 174 valence electrons. The van der Waals surface area contributed by atoms with E-state index in [-0.39, 0.29) is 41.6 Å². The molecule has 0 radical (unpaired) electrons. The molecule has 0 bridgehead atoms. The van der Waals surface area contributed by atoms with Gasteiger partial charge in [-0.3, -0.25) is 9.79 Å². The standard InChI is InChI=1S/C23H29F2N5O.HI/c1-3-5-21(31)28-17-10-8-16(9-11-17)14-27-23(26-2)29-18-12-13-30(15-18)22-19(24)6-4-7-20(22)25;/h4,6-11,18H,3,5,12-15H2,1-2H3,(H,28,31)(H2,26,27,29);1H. The van der Waals surface area contributed by atoms with Gasteiger partial charge in [0.05, 0.1) is 0 Å². The number of hydrogen-bond donors (Lipinski definition) is 3. The number of benzene rings is 2. The van der Waals surface area contributed by atoms with Crippen molar-refractivity contribution in [1.29, 1.82) is 0 Å². The van der Waals surface area contributed by atoms with E-state index in [1.807, 2.05) is 31.2 Å². The highest BCUT2D eigenvalue weighted by molar-refractivity contribution is 14.0. The van der Waals surface area contributed by atoms with Crippen LogP contribution in [0.2, 0.25) is 0 Å². The van der Waals surface area contributed by atoms with Crippen molar-refractivity contribution in [2.45, 2.75) is 38.8 Å². The van der Waals surface area contributed by atoms with Gasteiger partial charge in [-0.25, -0.2) is 8.78 Å². The monoisotopic (exact) mass is 557 g/mol. The number of rotatable bonds is 7. The zero-order valence-electron chi connectivity index (χ0n) is 18.3. The molecule has 0 aliphatic carbocycles. The molecule has 1 heterocycles. The van der Waals surface area contributed by atoms with E-state index < -0.39 is 11.6 Å². The summed E-state index contributed by atoms with van der Waals surface area (Å²) in [6.07, 6.45) is 2.07. The summed E-state index contributed by atoms with van der Waals surface area (Å²) < 4.78 is 28.1. The maximum atomic E-state index is 14.0. The first-order valence-electron chi connectivity index (χ1n) is 10.5. The SMILES string of the molecule is CCCC(=O)Nc1ccc(CNC(=NC)NC2CCN(c3c(F)cccc3F)C2)cc1.I. The molecule has 1 fully saturated rings. The quantitative estimate of drug-likeness (QED) is 0.271. The van der Waals surface area contributed by atoms with Crippen LogP contribution in [0.5, 0.6) is 0 Å². The van der Waals surface area contributed by atoms with E-state index >= 15 is 0 Å². The number of anilines is 2. The first-order chi connectivity index (χ1) is 15.0. The number of carbonyl (C=O) groups excluding carboxylic acids is 1. The summed E-state index contributed by atoms with van der Waals surface area (Å²) in [5.41, 5.74) is 1.84. The van der Waals surface area contributed by atoms with Crippen LogP contribution in [0.1, 0.15) is 31.7 Å². The van der Waals surface area contributed by atoms with Crippen LogP contribution in [0.25, 0.3) is 0 Å². The number of nitrogens with one attached hydrogen (secondary N) is 3. The predicted octanol–water partition coefficient (Wildman–Crippen LogP) is 4.27. The van der Waals surface area contributed by atoms with Crippen molar-refractivity contribution >= 4 is 47.2 Å². The fourth-order valence-electron chi connectivity index (χ4n) is 3.60. The molecule has 1 amide bonds. The minimum atomic E-state index is -0.544. The maximum Gasteiger partial charge on any atom is 0.224 e. The molecule has 0 saturated carbocycles. The molecule has 1 aliphatic heterocycles. The van der Waals surface area contributed by atoms with E-state index in [4.69, 9.17) is 0 Å². The maximum absolute atomic E-state index is 14.0. The molecule has 9 heteroatoms. The molecule has 2 aromatic rings. The van der Waals surface area contributed by atoms with Gasteiger partial charge < -0.3 is 20.9 Å². The lowest BCUT2D eigenvalue weighted by molar-refractivity contribution is -0.116. The van der Waals surface area contributed by atoms with Crippen molar-refractivity contribution in [3.05, 3.63) is 59.7 Å². The number of para-hydroxylation sites is 1. The van der Waals surface area contributed by atoms with Crippen LogP contribution < -0.4 is 20.9 Å². The Morgan fingerprint density at radius 2 is 1.84 bits per heavy atom. The zero-order chi connectivity index (χ0) is 22.2. The number of hydrogen-bond acceptors (Lipinski definition) is 3. The fourth-order valence-corrected chi connectivity index (χ4v) is 3.60. The van der Waals surface area contributed by atoms with Crippen LogP contribution in [0.15, 0.2) is 47.5 Å². The number of nitrogens with zero attached hydrogens (tertiary/aromatic N) is 2. The predicted molar refractivity (Wildman–Crippen MR) is 136 cm³/mol. The van der Waals surface area contributed by atoms with Gasteiger partial charge in [0.25, 0.3) is 0 Å². The summed E-state index contributed by atoms with van der Waals surface area (Å²) >= 11 is 0. The number of amides is 1. The third-order valence-corrected chi connectivity index (χ3v) is 5.18. The van der Waals surface area contributed by atoms with E-state index in [1.165, 1.54) is 18.2 Å². The lowest BCUT2D eigenvalue weighted by Crippen LogP contribution is -2.44. The van der Waals surface area contributed by atoms with Crippen LogP contribution >= 0.6 is 24.0 Å². The smallest absolute Gasteiger partial charge is 0.224 e.